The average Bonchev–Trinajstić information content (AvgIpc) is 1.55. The SMILES string of the molecule is BC(=O)NC1CCC1. The van der Waals surface area contributed by atoms with Crippen molar-refractivity contribution in [1.29, 1.82) is 0 Å². The number of hydrogen-bond donors (Lipinski definition) is 1. The average molecular weight is 111 g/mol. The zero-order chi connectivity index (χ0) is 5.98. The van der Waals surface area contributed by atoms with Crippen LogP contribution in [0.3, 0.4) is 0 Å². The van der Waals surface area contributed by atoms with Gasteiger partial charge in [-0.1, -0.05) is 0 Å². The van der Waals surface area contributed by atoms with Crippen LogP contribution in [0.15, 0.2) is 0 Å². The predicted molar refractivity (Wildman–Crippen MR) is 34.7 cm³/mol. The van der Waals surface area contributed by atoms with Crippen molar-refractivity contribution in [2.75, 3.05) is 0 Å². The van der Waals surface area contributed by atoms with Crippen LogP contribution in [0.25, 0.3) is 0 Å². The van der Waals surface area contributed by atoms with E-state index in [1.165, 1.54) is 19.3 Å². The van der Waals surface area contributed by atoms with Gasteiger partial charge in [0, 0.05) is 6.04 Å². The normalized spacial score (nSPS) is 19.5. The second-order valence-electron chi connectivity index (χ2n) is 2.33. The Morgan fingerprint density at radius 1 is 1.62 bits per heavy atom. The van der Waals surface area contributed by atoms with Crippen molar-refractivity contribution in [1.82, 2.24) is 5.32 Å². The van der Waals surface area contributed by atoms with Crippen LogP contribution < -0.4 is 5.32 Å². The van der Waals surface area contributed by atoms with E-state index in [0.29, 0.717) is 6.04 Å². The number of rotatable bonds is 1. The fraction of sp³-hybridized carbons (Fsp3) is 0.800. The van der Waals surface area contributed by atoms with E-state index < -0.39 is 0 Å². The van der Waals surface area contributed by atoms with Gasteiger partial charge in [0.25, 0.3) is 0 Å². The highest BCUT2D eigenvalue weighted by atomic mass is 16.1. The first-order chi connectivity index (χ1) is 3.79. The van der Waals surface area contributed by atoms with Gasteiger partial charge in [-0.3, -0.25) is 4.79 Å². The van der Waals surface area contributed by atoms with Gasteiger partial charge in [0.15, 0.2) is 5.81 Å². The van der Waals surface area contributed by atoms with Gasteiger partial charge in [0.2, 0.25) is 7.85 Å². The molecule has 0 aromatic rings. The molecular weight excluding hydrogens is 101 g/mol. The number of carbonyl (C=O) groups excluding carboxylic acids is 1. The lowest BCUT2D eigenvalue weighted by Gasteiger charge is -2.25. The van der Waals surface area contributed by atoms with E-state index in [-0.39, 0.29) is 5.81 Å². The highest BCUT2D eigenvalue weighted by molar-refractivity contribution is 6.57. The zero-order valence-corrected chi connectivity index (χ0v) is 5.11. The van der Waals surface area contributed by atoms with Crippen LogP contribution in [0.1, 0.15) is 19.3 Å². The van der Waals surface area contributed by atoms with Crippen molar-refractivity contribution < 1.29 is 4.79 Å². The third-order valence-electron chi connectivity index (χ3n) is 1.51. The van der Waals surface area contributed by atoms with Crippen LogP contribution in [0.4, 0.5) is 4.79 Å². The molecule has 1 aliphatic rings. The van der Waals surface area contributed by atoms with Crippen LogP contribution in [-0.4, -0.2) is 19.7 Å². The molecule has 0 spiro atoms. The van der Waals surface area contributed by atoms with Gasteiger partial charge in [-0.2, -0.15) is 0 Å². The first-order valence-corrected chi connectivity index (χ1v) is 3.06. The maximum atomic E-state index is 10.3. The van der Waals surface area contributed by atoms with Gasteiger partial charge in [-0.25, -0.2) is 0 Å². The van der Waals surface area contributed by atoms with Crippen molar-refractivity contribution in [3.8, 4) is 0 Å². The number of carbonyl (C=O) groups is 1. The van der Waals surface area contributed by atoms with Gasteiger partial charge in [0.05, 0.1) is 0 Å². The third kappa shape index (κ3) is 1.25. The van der Waals surface area contributed by atoms with Gasteiger partial charge < -0.3 is 5.32 Å². The molecule has 1 saturated carbocycles. The number of nitrogens with one attached hydrogen (secondary N) is 1. The molecule has 0 aliphatic heterocycles. The molecule has 0 radical (unpaired) electrons. The van der Waals surface area contributed by atoms with Crippen LogP contribution in [-0.2, 0) is 0 Å². The predicted octanol–water partition coefficient (Wildman–Crippen LogP) is -0.118. The van der Waals surface area contributed by atoms with E-state index in [2.05, 4.69) is 5.32 Å². The lowest BCUT2D eigenvalue weighted by molar-refractivity contribution is 0.248. The zero-order valence-electron chi connectivity index (χ0n) is 5.11. The van der Waals surface area contributed by atoms with Crippen molar-refractivity contribution in [2.24, 2.45) is 0 Å². The van der Waals surface area contributed by atoms with Crippen molar-refractivity contribution in [3.05, 3.63) is 0 Å². The largest absolute Gasteiger partial charge is 0.363 e. The van der Waals surface area contributed by atoms with Gasteiger partial charge in [-0.15, -0.1) is 0 Å². The Kier molecular flexibility index (Phi) is 1.56. The molecule has 0 aromatic heterocycles. The monoisotopic (exact) mass is 111 g/mol. The summed E-state index contributed by atoms with van der Waals surface area (Å²) in [6.45, 7) is 0. The Morgan fingerprint density at radius 2 is 2.25 bits per heavy atom. The Labute approximate surface area is 50.1 Å². The summed E-state index contributed by atoms with van der Waals surface area (Å²) in [5.74, 6) is 0.106. The summed E-state index contributed by atoms with van der Waals surface area (Å²) >= 11 is 0. The molecule has 1 fully saturated rings. The number of amides is 1. The lowest BCUT2D eigenvalue weighted by Crippen LogP contribution is -2.38. The Balaban J connectivity index is 2.09. The van der Waals surface area contributed by atoms with E-state index in [9.17, 15) is 4.79 Å². The fourth-order valence-corrected chi connectivity index (χ4v) is 0.840. The second-order valence-corrected chi connectivity index (χ2v) is 2.33. The molecule has 2 nitrogen and oxygen atoms in total. The molecule has 44 valence electrons. The van der Waals surface area contributed by atoms with Crippen LogP contribution in [0, 0.1) is 0 Å². The Morgan fingerprint density at radius 3 is 2.38 bits per heavy atom. The van der Waals surface area contributed by atoms with Crippen LogP contribution in [0.2, 0.25) is 0 Å². The fourth-order valence-electron chi connectivity index (χ4n) is 0.840. The highest BCUT2D eigenvalue weighted by Crippen LogP contribution is 2.17. The quantitative estimate of drug-likeness (QED) is 0.469. The van der Waals surface area contributed by atoms with Gasteiger partial charge in [0.1, 0.15) is 0 Å². The summed E-state index contributed by atoms with van der Waals surface area (Å²) in [5.41, 5.74) is 0. The third-order valence-corrected chi connectivity index (χ3v) is 1.51. The smallest absolute Gasteiger partial charge is 0.215 e. The van der Waals surface area contributed by atoms with Crippen molar-refractivity contribution in [3.63, 3.8) is 0 Å². The van der Waals surface area contributed by atoms with E-state index in [1.807, 2.05) is 0 Å². The Hall–Kier alpha value is -0.465. The maximum absolute atomic E-state index is 10.3. The number of hydrogen-bond acceptors (Lipinski definition) is 1. The first kappa shape index (κ1) is 5.67. The molecule has 0 heterocycles. The molecule has 1 aliphatic carbocycles. The molecule has 0 unspecified atom stereocenters. The molecule has 0 bridgehead atoms. The second kappa shape index (κ2) is 2.20. The minimum absolute atomic E-state index is 0.106. The standard InChI is InChI=1S/C5H10BNO/c6-5(8)7-4-2-1-3-4/h4H,1-3,6H2,(H,7,8). The molecule has 1 rings (SSSR count). The minimum atomic E-state index is 0.106. The summed E-state index contributed by atoms with van der Waals surface area (Å²) in [6, 6.07) is 0.507. The molecule has 0 aromatic carbocycles. The molecule has 1 amide bonds. The van der Waals surface area contributed by atoms with Crippen molar-refractivity contribution >= 4 is 13.7 Å². The van der Waals surface area contributed by atoms with Crippen molar-refractivity contribution in [2.45, 2.75) is 25.3 Å². The molecule has 3 heteroatoms. The molecule has 1 N–H and O–H groups in total. The van der Waals surface area contributed by atoms with Gasteiger partial charge >= 0.3 is 0 Å². The topological polar surface area (TPSA) is 29.1 Å². The van der Waals surface area contributed by atoms with E-state index in [0.717, 1.165) is 0 Å². The molecule has 0 atom stereocenters. The summed E-state index contributed by atoms with van der Waals surface area (Å²) in [5, 5.41) is 2.84. The maximum Gasteiger partial charge on any atom is 0.215 e. The summed E-state index contributed by atoms with van der Waals surface area (Å²) in [6.07, 6.45) is 3.64. The summed E-state index contributed by atoms with van der Waals surface area (Å²) in [4.78, 5) is 10.3. The van der Waals surface area contributed by atoms with Crippen LogP contribution >= 0.6 is 0 Å². The van der Waals surface area contributed by atoms with E-state index >= 15 is 0 Å². The molecule has 8 heavy (non-hydrogen) atoms. The summed E-state index contributed by atoms with van der Waals surface area (Å²) < 4.78 is 0. The van der Waals surface area contributed by atoms with Gasteiger partial charge in [-0.05, 0) is 19.3 Å². The minimum Gasteiger partial charge on any atom is -0.363 e. The van der Waals surface area contributed by atoms with Crippen LogP contribution in [0.5, 0.6) is 0 Å². The Bertz CT molecular complexity index is 101. The van der Waals surface area contributed by atoms with E-state index in [1.54, 1.807) is 7.85 Å². The highest BCUT2D eigenvalue weighted by Gasteiger charge is 2.16. The summed E-state index contributed by atoms with van der Waals surface area (Å²) in [7, 11) is 1.57. The first-order valence-electron chi connectivity index (χ1n) is 3.06. The molecule has 0 saturated heterocycles. The lowest BCUT2D eigenvalue weighted by atomic mass is 9.92. The van der Waals surface area contributed by atoms with E-state index in [4.69, 9.17) is 0 Å². The molecular formula is C5H10BNO.